The fourth-order valence-corrected chi connectivity index (χ4v) is 4.63. The van der Waals surface area contributed by atoms with Crippen molar-refractivity contribution in [2.75, 3.05) is 56.2 Å². The van der Waals surface area contributed by atoms with Crippen molar-refractivity contribution in [3.63, 3.8) is 0 Å². The summed E-state index contributed by atoms with van der Waals surface area (Å²) in [4.78, 5) is 22.2. The number of hydrogen-bond donors (Lipinski definition) is 0. The third-order valence-corrected chi connectivity index (χ3v) is 6.44. The van der Waals surface area contributed by atoms with Crippen molar-refractivity contribution in [2.45, 2.75) is 32.4 Å². The predicted octanol–water partition coefficient (Wildman–Crippen LogP) is 2.18. The Bertz CT molecular complexity index is 747. The molecule has 7 nitrogen and oxygen atoms in total. The second-order valence-corrected chi connectivity index (χ2v) is 8.26. The van der Waals surface area contributed by atoms with Gasteiger partial charge in [-0.1, -0.05) is 0 Å². The highest BCUT2D eigenvalue weighted by molar-refractivity contribution is 7.09. The Morgan fingerprint density at radius 1 is 1.26 bits per heavy atom. The summed E-state index contributed by atoms with van der Waals surface area (Å²) in [6.45, 7) is 8.61. The van der Waals surface area contributed by atoms with Crippen LogP contribution in [0.1, 0.15) is 23.4 Å². The number of hydrogen-bond acceptors (Lipinski definition) is 8. The van der Waals surface area contributed by atoms with Crippen molar-refractivity contribution in [3.05, 3.63) is 28.3 Å². The number of piperidine rings is 1. The number of morpholine rings is 1. The predicted molar refractivity (Wildman–Crippen MR) is 109 cm³/mol. The number of likely N-dealkylation sites (tertiary alicyclic amines) is 1. The molecule has 0 amide bonds. The monoisotopic (exact) mass is 388 g/mol. The van der Waals surface area contributed by atoms with Crippen molar-refractivity contribution in [3.8, 4) is 0 Å². The van der Waals surface area contributed by atoms with Gasteiger partial charge in [-0.25, -0.2) is 9.97 Å². The molecule has 0 bridgehead atoms. The zero-order valence-corrected chi connectivity index (χ0v) is 17.0. The Hall–Kier alpha value is -1.77. The van der Waals surface area contributed by atoms with E-state index < -0.39 is 0 Å². The molecule has 2 fully saturated rings. The van der Waals surface area contributed by atoms with E-state index in [1.165, 1.54) is 17.7 Å². The second-order valence-electron chi connectivity index (χ2n) is 7.32. The van der Waals surface area contributed by atoms with Gasteiger partial charge in [-0.15, -0.1) is 11.3 Å². The molecule has 0 aromatic carbocycles. The van der Waals surface area contributed by atoms with Crippen LogP contribution in [0.15, 0.2) is 17.8 Å². The van der Waals surface area contributed by atoms with E-state index in [0.29, 0.717) is 6.04 Å². The molecule has 0 saturated carbocycles. The standard InChI is InChI=1S/C19H28N6OS/c1-15-17(27-14-21-15)13-24-7-3-4-16(12-24)23(2)19-20-6-5-18(22-19)25-8-10-26-11-9-25/h5-6,14,16H,3-4,7-13H2,1-2H3. The zero-order valence-electron chi connectivity index (χ0n) is 16.2. The lowest BCUT2D eigenvalue weighted by atomic mass is 10.0. The Kier molecular flexibility index (Phi) is 5.85. The molecule has 0 spiro atoms. The SMILES string of the molecule is Cc1ncsc1CN1CCCC(N(C)c2nccc(N3CCOCC3)n2)C1. The van der Waals surface area contributed by atoms with E-state index in [2.05, 4.69) is 38.6 Å². The summed E-state index contributed by atoms with van der Waals surface area (Å²) in [7, 11) is 2.13. The number of anilines is 2. The summed E-state index contributed by atoms with van der Waals surface area (Å²) < 4.78 is 5.45. The van der Waals surface area contributed by atoms with Crippen LogP contribution in [0.5, 0.6) is 0 Å². The van der Waals surface area contributed by atoms with Gasteiger partial charge in [0, 0.05) is 50.3 Å². The molecule has 1 unspecified atom stereocenters. The van der Waals surface area contributed by atoms with Crippen molar-refractivity contribution in [1.82, 2.24) is 19.9 Å². The van der Waals surface area contributed by atoms with E-state index in [1.54, 1.807) is 11.3 Å². The van der Waals surface area contributed by atoms with Gasteiger partial charge in [0.05, 0.1) is 24.4 Å². The number of rotatable bonds is 5. The van der Waals surface area contributed by atoms with E-state index in [9.17, 15) is 0 Å². The van der Waals surface area contributed by atoms with Crippen LogP contribution in [0.4, 0.5) is 11.8 Å². The Balaban J connectivity index is 1.42. The number of nitrogens with zero attached hydrogens (tertiary/aromatic N) is 6. The molecule has 2 aliphatic heterocycles. The summed E-state index contributed by atoms with van der Waals surface area (Å²) in [5, 5.41) is 0. The van der Waals surface area contributed by atoms with E-state index in [0.717, 1.165) is 63.4 Å². The molecular weight excluding hydrogens is 360 g/mol. The van der Waals surface area contributed by atoms with Crippen LogP contribution < -0.4 is 9.80 Å². The van der Waals surface area contributed by atoms with Gasteiger partial charge >= 0.3 is 0 Å². The number of aryl methyl sites for hydroxylation is 1. The van der Waals surface area contributed by atoms with Crippen molar-refractivity contribution < 1.29 is 4.74 Å². The minimum absolute atomic E-state index is 0.437. The topological polar surface area (TPSA) is 57.6 Å². The number of aromatic nitrogens is 3. The highest BCUT2D eigenvalue weighted by Crippen LogP contribution is 2.23. The number of thiazole rings is 1. The molecule has 2 aliphatic rings. The zero-order chi connectivity index (χ0) is 18.6. The Labute approximate surface area is 165 Å². The summed E-state index contributed by atoms with van der Waals surface area (Å²) in [5.74, 6) is 1.82. The first-order chi connectivity index (χ1) is 13.2. The van der Waals surface area contributed by atoms with Gasteiger partial charge in [0.25, 0.3) is 0 Å². The molecule has 27 heavy (non-hydrogen) atoms. The molecule has 0 aliphatic carbocycles. The van der Waals surface area contributed by atoms with Gasteiger partial charge in [0.1, 0.15) is 5.82 Å². The first kappa shape index (κ1) is 18.6. The lowest BCUT2D eigenvalue weighted by molar-refractivity contribution is 0.122. The highest BCUT2D eigenvalue weighted by Gasteiger charge is 2.26. The minimum atomic E-state index is 0.437. The van der Waals surface area contributed by atoms with Crippen molar-refractivity contribution >= 4 is 23.1 Å². The maximum absolute atomic E-state index is 5.45. The van der Waals surface area contributed by atoms with E-state index in [4.69, 9.17) is 9.72 Å². The molecule has 2 aromatic heterocycles. The summed E-state index contributed by atoms with van der Waals surface area (Å²) in [6.07, 6.45) is 4.26. The lowest BCUT2D eigenvalue weighted by Crippen LogP contribution is -2.47. The summed E-state index contributed by atoms with van der Waals surface area (Å²) in [5.41, 5.74) is 3.11. The van der Waals surface area contributed by atoms with E-state index in [-0.39, 0.29) is 0 Å². The first-order valence-electron chi connectivity index (χ1n) is 9.70. The summed E-state index contributed by atoms with van der Waals surface area (Å²) in [6, 6.07) is 2.44. The third kappa shape index (κ3) is 4.39. The maximum atomic E-state index is 5.45. The number of ether oxygens (including phenoxy) is 1. The molecular formula is C19H28N6OS. The molecule has 0 N–H and O–H groups in total. The fourth-order valence-electron chi connectivity index (χ4n) is 3.81. The molecule has 2 aromatic rings. The lowest BCUT2D eigenvalue weighted by Gasteiger charge is -2.37. The number of likely N-dealkylation sites (N-methyl/N-ethyl adjacent to an activating group) is 1. The van der Waals surface area contributed by atoms with Crippen LogP contribution in [0.25, 0.3) is 0 Å². The van der Waals surface area contributed by atoms with Gasteiger partial charge in [-0.2, -0.15) is 4.98 Å². The molecule has 0 radical (unpaired) electrons. The van der Waals surface area contributed by atoms with Crippen LogP contribution in [0.3, 0.4) is 0 Å². The molecule has 4 rings (SSSR count). The largest absolute Gasteiger partial charge is 0.378 e. The summed E-state index contributed by atoms with van der Waals surface area (Å²) >= 11 is 1.76. The average molecular weight is 389 g/mol. The van der Waals surface area contributed by atoms with Crippen LogP contribution in [0, 0.1) is 6.92 Å². The van der Waals surface area contributed by atoms with Crippen molar-refractivity contribution in [1.29, 1.82) is 0 Å². The molecule has 1 atom stereocenters. The van der Waals surface area contributed by atoms with E-state index in [1.807, 2.05) is 17.8 Å². The highest BCUT2D eigenvalue weighted by atomic mass is 32.1. The first-order valence-corrected chi connectivity index (χ1v) is 10.6. The van der Waals surface area contributed by atoms with E-state index >= 15 is 0 Å². The van der Waals surface area contributed by atoms with Crippen LogP contribution in [0.2, 0.25) is 0 Å². The minimum Gasteiger partial charge on any atom is -0.378 e. The van der Waals surface area contributed by atoms with Gasteiger partial charge < -0.3 is 14.5 Å². The van der Waals surface area contributed by atoms with Gasteiger partial charge in [-0.3, -0.25) is 4.90 Å². The quantitative estimate of drug-likeness (QED) is 0.778. The normalized spacial score (nSPS) is 21.4. The van der Waals surface area contributed by atoms with Gasteiger partial charge in [0.2, 0.25) is 5.95 Å². The Morgan fingerprint density at radius 3 is 2.89 bits per heavy atom. The van der Waals surface area contributed by atoms with Crippen LogP contribution >= 0.6 is 11.3 Å². The maximum Gasteiger partial charge on any atom is 0.227 e. The third-order valence-electron chi connectivity index (χ3n) is 5.52. The van der Waals surface area contributed by atoms with Crippen LogP contribution in [-0.2, 0) is 11.3 Å². The molecule has 8 heteroatoms. The molecule has 2 saturated heterocycles. The van der Waals surface area contributed by atoms with Crippen molar-refractivity contribution in [2.24, 2.45) is 0 Å². The average Bonchev–Trinajstić information content (AvgIpc) is 3.13. The Morgan fingerprint density at radius 2 is 2.11 bits per heavy atom. The second kappa shape index (κ2) is 8.50. The molecule has 146 valence electrons. The fraction of sp³-hybridized carbons (Fsp3) is 0.632. The van der Waals surface area contributed by atoms with Crippen LogP contribution in [-0.4, -0.2) is 72.3 Å². The van der Waals surface area contributed by atoms with Gasteiger partial charge in [-0.05, 0) is 32.4 Å². The van der Waals surface area contributed by atoms with Gasteiger partial charge in [0.15, 0.2) is 0 Å². The molecule has 4 heterocycles. The smallest absolute Gasteiger partial charge is 0.227 e.